The van der Waals surface area contributed by atoms with E-state index in [1.165, 1.54) is 18.2 Å². The maximum atomic E-state index is 12.9. The van der Waals surface area contributed by atoms with Crippen molar-refractivity contribution in [1.82, 2.24) is 10.0 Å². The third-order valence-electron chi connectivity index (χ3n) is 4.75. The number of benzene rings is 3. The van der Waals surface area contributed by atoms with E-state index in [1.807, 2.05) is 60.7 Å². The summed E-state index contributed by atoms with van der Waals surface area (Å²) in [5.74, 6) is -0.483. The Kier molecular flexibility index (Phi) is 7.49. The first-order valence-corrected chi connectivity index (χ1v) is 11.8. The van der Waals surface area contributed by atoms with Crippen LogP contribution in [0.1, 0.15) is 41.3 Å². The summed E-state index contributed by atoms with van der Waals surface area (Å²) in [5, 5.41) is 3.11. The number of carbonyl (C=O) groups excluding carboxylic acids is 1. The van der Waals surface area contributed by atoms with Gasteiger partial charge in [0.1, 0.15) is 0 Å². The molecule has 0 heterocycles. The smallest absolute Gasteiger partial charge is 0.252 e. The van der Waals surface area contributed by atoms with Crippen molar-refractivity contribution in [1.29, 1.82) is 0 Å². The molecule has 3 aromatic carbocycles. The number of hydrogen-bond acceptors (Lipinski definition) is 3. The monoisotopic (exact) mass is 456 g/mol. The molecule has 0 atom stereocenters. The van der Waals surface area contributed by atoms with Gasteiger partial charge in [-0.1, -0.05) is 72.3 Å². The minimum atomic E-state index is -3.74. The Labute approximate surface area is 188 Å². The highest BCUT2D eigenvalue weighted by molar-refractivity contribution is 7.89. The Morgan fingerprint density at radius 1 is 0.903 bits per heavy atom. The molecule has 0 bridgehead atoms. The first kappa shape index (κ1) is 23.0. The average molecular weight is 457 g/mol. The van der Waals surface area contributed by atoms with E-state index in [9.17, 15) is 13.2 Å². The fraction of sp³-hybridized carbons (Fsp3) is 0.208. The van der Waals surface area contributed by atoms with Gasteiger partial charge in [0, 0.05) is 18.5 Å². The van der Waals surface area contributed by atoms with E-state index in [2.05, 4.69) is 10.0 Å². The van der Waals surface area contributed by atoms with Crippen molar-refractivity contribution < 1.29 is 13.2 Å². The van der Waals surface area contributed by atoms with Gasteiger partial charge in [-0.05, 0) is 43.2 Å². The van der Waals surface area contributed by atoms with Crippen LogP contribution in [0.15, 0.2) is 83.8 Å². The van der Waals surface area contributed by atoms with Crippen LogP contribution in [0.4, 0.5) is 0 Å². The third kappa shape index (κ3) is 5.94. The normalized spacial score (nSPS) is 11.6. The lowest BCUT2D eigenvalue weighted by atomic mass is 9.91. The standard InChI is InChI=1S/C24H25ClN2O3S/c1-17(2)27-31(29,30)20-13-14-23(25)21(15-20)24(28)26-16-22(18-9-5-3-6-10-18)19-11-7-4-8-12-19/h3-15,17,22,27H,16H2,1-2H3,(H,26,28). The maximum absolute atomic E-state index is 12.9. The van der Waals surface area contributed by atoms with E-state index in [-0.39, 0.29) is 27.4 Å². The van der Waals surface area contributed by atoms with Crippen LogP contribution in [0, 0.1) is 0 Å². The van der Waals surface area contributed by atoms with Crippen molar-refractivity contribution in [2.45, 2.75) is 30.7 Å². The number of rotatable bonds is 8. The minimum absolute atomic E-state index is 0.00146. The number of nitrogens with one attached hydrogen (secondary N) is 2. The van der Waals surface area contributed by atoms with Crippen molar-refractivity contribution in [3.63, 3.8) is 0 Å². The minimum Gasteiger partial charge on any atom is -0.351 e. The number of amides is 1. The summed E-state index contributed by atoms with van der Waals surface area (Å²) in [4.78, 5) is 12.9. The number of carbonyl (C=O) groups is 1. The van der Waals surface area contributed by atoms with Crippen molar-refractivity contribution in [2.24, 2.45) is 0 Å². The van der Waals surface area contributed by atoms with Gasteiger partial charge in [0.15, 0.2) is 0 Å². The fourth-order valence-corrected chi connectivity index (χ4v) is 4.79. The van der Waals surface area contributed by atoms with Crippen LogP contribution in [0.3, 0.4) is 0 Å². The Bertz CT molecular complexity index is 1090. The lowest BCUT2D eigenvalue weighted by Crippen LogP contribution is -2.31. The molecule has 3 rings (SSSR count). The molecule has 31 heavy (non-hydrogen) atoms. The lowest BCUT2D eigenvalue weighted by Gasteiger charge is -2.19. The van der Waals surface area contributed by atoms with Crippen LogP contribution in [-0.2, 0) is 10.0 Å². The van der Waals surface area contributed by atoms with E-state index in [0.29, 0.717) is 6.54 Å². The number of halogens is 1. The quantitative estimate of drug-likeness (QED) is 0.520. The van der Waals surface area contributed by atoms with E-state index in [0.717, 1.165) is 11.1 Å². The van der Waals surface area contributed by atoms with Crippen molar-refractivity contribution in [2.75, 3.05) is 6.54 Å². The van der Waals surface area contributed by atoms with Crippen LogP contribution in [0.5, 0.6) is 0 Å². The second-order valence-electron chi connectivity index (χ2n) is 7.50. The maximum Gasteiger partial charge on any atom is 0.252 e. The highest BCUT2D eigenvalue weighted by Gasteiger charge is 2.21. The first-order chi connectivity index (χ1) is 14.8. The molecule has 0 saturated heterocycles. The summed E-state index contributed by atoms with van der Waals surface area (Å²) < 4.78 is 27.5. The van der Waals surface area contributed by atoms with Gasteiger partial charge in [-0.25, -0.2) is 13.1 Å². The molecule has 0 unspecified atom stereocenters. The van der Waals surface area contributed by atoms with Gasteiger partial charge in [0.25, 0.3) is 5.91 Å². The molecule has 0 spiro atoms. The summed E-state index contributed by atoms with van der Waals surface area (Å²) in [6.45, 7) is 3.80. The number of hydrogen-bond donors (Lipinski definition) is 2. The van der Waals surface area contributed by atoms with Gasteiger partial charge in [0.2, 0.25) is 10.0 Å². The predicted molar refractivity (Wildman–Crippen MR) is 124 cm³/mol. The summed E-state index contributed by atoms with van der Waals surface area (Å²) in [7, 11) is -3.74. The summed E-state index contributed by atoms with van der Waals surface area (Å²) >= 11 is 6.22. The molecule has 3 aromatic rings. The molecule has 0 aliphatic heterocycles. The topological polar surface area (TPSA) is 75.3 Å². The summed E-state index contributed by atoms with van der Waals surface area (Å²) in [6, 6.07) is 23.6. The van der Waals surface area contributed by atoms with E-state index >= 15 is 0 Å². The van der Waals surface area contributed by atoms with Crippen LogP contribution in [0.25, 0.3) is 0 Å². The SMILES string of the molecule is CC(C)NS(=O)(=O)c1ccc(Cl)c(C(=O)NCC(c2ccccc2)c2ccccc2)c1. The molecular weight excluding hydrogens is 432 g/mol. The van der Waals surface area contributed by atoms with Gasteiger partial charge in [-0.3, -0.25) is 4.79 Å². The van der Waals surface area contributed by atoms with Gasteiger partial charge >= 0.3 is 0 Å². The zero-order chi connectivity index (χ0) is 22.4. The molecular formula is C24H25ClN2O3S. The molecule has 1 amide bonds. The van der Waals surface area contributed by atoms with Crippen LogP contribution >= 0.6 is 11.6 Å². The second-order valence-corrected chi connectivity index (χ2v) is 9.62. The molecule has 2 N–H and O–H groups in total. The van der Waals surface area contributed by atoms with Gasteiger partial charge in [0.05, 0.1) is 15.5 Å². The zero-order valence-corrected chi connectivity index (χ0v) is 19.0. The molecule has 162 valence electrons. The van der Waals surface area contributed by atoms with Gasteiger partial charge < -0.3 is 5.32 Å². The van der Waals surface area contributed by atoms with Gasteiger partial charge in [-0.2, -0.15) is 0 Å². The second kappa shape index (κ2) is 10.1. The number of sulfonamides is 1. The van der Waals surface area contributed by atoms with Crippen LogP contribution in [-0.4, -0.2) is 26.9 Å². The Hall–Kier alpha value is -2.67. The lowest BCUT2D eigenvalue weighted by molar-refractivity contribution is 0.0952. The Balaban J connectivity index is 1.84. The highest BCUT2D eigenvalue weighted by Crippen LogP contribution is 2.25. The molecule has 0 radical (unpaired) electrons. The molecule has 0 aromatic heterocycles. The van der Waals surface area contributed by atoms with Gasteiger partial charge in [-0.15, -0.1) is 0 Å². The largest absolute Gasteiger partial charge is 0.351 e. The molecule has 0 saturated carbocycles. The van der Waals surface area contributed by atoms with E-state index in [1.54, 1.807) is 13.8 Å². The van der Waals surface area contributed by atoms with E-state index in [4.69, 9.17) is 11.6 Å². The first-order valence-electron chi connectivity index (χ1n) is 9.98. The predicted octanol–water partition coefficient (Wildman–Crippen LogP) is 4.59. The van der Waals surface area contributed by atoms with Crippen LogP contribution < -0.4 is 10.0 Å². The summed E-state index contributed by atoms with van der Waals surface area (Å²) in [5.41, 5.74) is 2.25. The van der Waals surface area contributed by atoms with Crippen molar-refractivity contribution in [3.05, 3.63) is 101 Å². The molecule has 0 aliphatic carbocycles. The Morgan fingerprint density at radius 2 is 1.45 bits per heavy atom. The highest BCUT2D eigenvalue weighted by atomic mass is 35.5. The van der Waals surface area contributed by atoms with Crippen molar-refractivity contribution >= 4 is 27.5 Å². The zero-order valence-electron chi connectivity index (χ0n) is 17.4. The summed E-state index contributed by atoms with van der Waals surface area (Å²) in [6.07, 6.45) is 0. The molecule has 0 fully saturated rings. The average Bonchev–Trinajstić information content (AvgIpc) is 2.74. The molecule has 7 heteroatoms. The van der Waals surface area contributed by atoms with Crippen molar-refractivity contribution in [3.8, 4) is 0 Å². The molecule has 0 aliphatic rings. The molecule has 5 nitrogen and oxygen atoms in total. The van der Waals surface area contributed by atoms with Crippen LogP contribution in [0.2, 0.25) is 5.02 Å². The van der Waals surface area contributed by atoms with E-state index < -0.39 is 15.9 Å². The third-order valence-corrected chi connectivity index (χ3v) is 6.74. The fourth-order valence-electron chi connectivity index (χ4n) is 3.31. The Morgan fingerprint density at radius 3 is 1.97 bits per heavy atom.